The molecule has 1 aromatic carbocycles. The van der Waals surface area contributed by atoms with Gasteiger partial charge in [0.05, 0.1) is 5.69 Å². The maximum absolute atomic E-state index is 12.3. The van der Waals surface area contributed by atoms with Crippen LogP contribution in [0.15, 0.2) is 47.3 Å². The van der Waals surface area contributed by atoms with Gasteiger partial charge in [0.15, 0.2) is 0 Å². The van der Waals surface area contributed by atoms with E-state index in [4.69, 9.17) is 0 Å². The van der Waals surface area contributed by atoms with Crippen LogP contribution in [0.25, 0.3) is 5.69 Å². The normalized spacial score (nSPS) is 15.5. The Kier molecular flexibility index (Phi) is 4.32. The molecule has 0 unspecified atom stereocenters. The summed E-state index contributed by atoms with van der Waals surface area (Å²) in [6, 6.07) is 12.2. The van der Waals surface area contributed by atoms with Crippen LogP contribution in [0.2, 0.25) is 0 Å². The largest absolute Gasteiger partial charge is 0.348 e. The minimum atomic E-state index is -0.250. The molecule has 0 bridgehead atoms. The lowest BCUT2D eigenvalue weighted by atomic mass is 9.95. The van der Waals surface area contributed by atoms with E-state index in [9.17, 15) is 9.59 Å². The predicted molar refractivity (Wildman–Crippen MR) is 84.2 cm³/mol. The lowest BCUT2D eigenvalue weighted by molar-refractivity contribution is 0.0921. The molecule has 0 atom stereocenters. The Hall–Kier alpha value is -2.43. The minimum Gasteiger partial charge on any atom is -0.348 e. The van der Waals surface area contributed by atoms with Crippen molar-refractivity contribution in [3.8, 4) is 5.69 Å². The van der Waals surface area contributed by atoms with Crippen LogP contribution in [-0.2, 0) is 0 Å². The van der Waals surface area contributed by atoms with Crippen LogP contribution < -0.4 is 10.9 Å². The van der Waals surface area contributed by atoms with Gasteiger partial charge in [0, 0.05) is 12.1 Å². The van der Waals surface area contributed by atoms with Crippen LogP contribution in [0.1, 0.15) is 42.6 Å². The van der Waals surface area contributed by atoms with E-state index >= 15 is 0 Å². The maximum Gasteiger partial charge on any atom is 0.271 e. The van der Waals surface area contributed by atoms with Gasteiger partial charge in [-0.25, -0.2) is 0 Å². The summed E-state index contributed by atoms with van der Waals surface area (Å²) in [4.78, 5) is 24.3. The SMILES string of the molecule is O=C(NC1CCCCC1)c1ccc(=O)n(-c2ccccc2)n1. The molecule has 1 amide bonds. The topological polar surface area (TPSA) is 64.0 Å². The van der Waals surface area contributed by atoms with Crippen molar-refractivity contribution in [2.24, 2.45) is 0 Å². The second-order valence-corrected chi connectivity index (χ2v) is 5.61. The van der Waals surface area contributed by atoms with E-state index in [0.717, 1.165) is 25.7 Å². The molecule has 22 heavy (non-hydrogen) atoms. The van der Waals surface area contributed by atoms with E-state index in [1.165, 1.54) is 23.2 Å². The van der Waals surface area contributed by atoms with Gasteiger partial charge in [-0.1, -0.05) is 37.5 Å². The van der Waals surface area contributed by atoms with Crippen LogP contribution in [0.4, 0.5) is 0 Å². The summed E-state index contributed by atoms with van der Waals surface area (Å²) >= 11 is 0. The lowest BCUT2D eigenvalue weighted by Crippen LogP contribution is -2.37. The molecule has 114 valence electrons. The first-order valence-electron chi connectivity index (χ1n) is 7.71. The molecule has 2 aromatic rings. The van der Waals surface area contributed by atoms with Crippen LogP contribution in [0.3, 0.4) is 0 Å². The molecule has 3 rings (SSSR count). The molecule has 5 nitrogen and oxygen atoms in total. The summed E-state index contributed by atoms with van der Waals surface area (Å²) in [7, 11) is 0. The summed E-state index contributed by atoms with van der Waals surface area (Å²) in [5.74, 6) is -0.211. The number of carbonyl (C=O) groups excluding carboxylic acids is 1. The van der Waals surface area contributed by atoms with Crippen molar-refractivity contribution >= 4 is 5.91 Å². The van der Waals surface area contributed by atoms with Gasteiger partial charge in [0.25, 0.3) is 11.5 Å². The maximum atomic E-state index is 12.3. The second-order valence-electron chi connectivity index (χ2n) is 5.61. The zero-order valence-electron chi connectivity index (χ0n) is 12.4. The molecule has 1 heterocycles. The van der Waals surface area contributed by atoms with Crippen molar-refractivity contribution in [3.63, 3.8) is 0 Å². The van der Waals surface area contributed by atoms with Crippen molar-refractivity contribution in [2.75, 3.05) is 0 Å². The Labute approximate surface area is 129 Å². The summed E-state index contributed by atoms with van der Waals surface area (Å²) in [6.45, 7) is 0. The molecule has 1 N–H and O–H groups in total. The Morgan fingerprint density at radius 3 is 2.50 bits per heavy atom. The number of aromatic nitrogens is 2. The fourth-order valence-corrected chi connectivity index (χ4v) is 2.79. The minimum absolute atomic E-state index is 0.211. The fourth-order valence-electron chi connectivity index (χ4n) is 2.79. The van der Waals surface area contributed by atoms with E-state index < -0.39 is 0 Å². The molecule has 1 aliphatic rings. The first-order chi connectivity index (χ1) is 10.7. The van der Waals surface area contributed by atoms with Gasteiger partial charge in [-0.2, -0.15) is 9.78 Å². The highest BCUT2D eigenvalue weighted by molar-refractivity contribution is 5.92. The zero-order valence-corrected chi connectivity index (χ0v) is 12.4. The quantitative estimate of drug-likeness (QED) is 0.945. The third kappa shape index (κ3) is 3.24. The Morgan fingerprint density at radius 2 is 1.77 bits per heavy atom. The average Bonchev–Trinajstić information content (AvgIpc) is 2.57. The van der Waals surface area contributed by atoms with Crippen molar-refractivity contribution in [1.29, 1.82) is 0 Å². The number of rotatable bonds is 3. The molecule has 0 radical (unpaired) electrons. The van der Waals surface area contributed by atoms with Crippen molar-refractivity contribution < 1.29 is 4.79 Å². The van der Waals surface area contributed by atoms with Gasteiger partial charge in [-0.3, -0.25) is 9.59 Å². The number of nitrogens with one attached hydrogen (secondary N) is 1. The Balaban J connectivity index is 1.82. The van der Waals surface area contributed by atoms with E-state index in [-0.39, 0.29) is 23.2 Å². The third-order valence-electron chi connectivity index (χ3n) is 3.97. The monoisotopic (exact) mass is 297 g/mol. The molecular weight excluding hydrogens is 278 g/mol. The van der Waals surface area contributed by atoms with Gasteiger partial charge in [-0.15, -0.1) is 0 Å². The van der Waals surface area contributed by atoms with Crippen LogP contribution >= 0.6 is 0 Å². The Bertz CT molecular complexity index is 703. The summed E-state index contributed by atoms with van der Waals surface area (Å²) in [6.07, 6.45) is 5.58. The standard InChI is InChI=1S/C17H19N3O2/c21-16-12-11-15(17(22)18-13-7-3-1-4-8-13)19-20(16)14-9-5-2-6-10-14/h2,5-6,9-13H,1,3-4,7-8H2,(H,18,22). The van der Waals surface area contributed by atoms with E-state index in [1.54, 1.807) is 12.1 Å². The number of nitrogens with zero attached hydrogens (tertiary/aromatic N) is 2. The lowest BCUT2D eigenvalue weighted by Gasteiger charge is -2.22. The number of amides is 1. The fraction of sp³-hybridized carbons (Fsp3) is 0.353. The van der Waals surface area contributed by atoms with Crippen molar-refractivity contribution in [2.45, 2.75) is 38.1 Å². The predicted octanol–water partition coefficient (Wildman–Crippen LogP) is 2.29. The Morgan fingerprint density at radius 1 is 1.05 bits per heavy atom. The summed E-state index contributed by atoms with van der Waals surface area (Å²) in [5.41, 5.74) is 0.675. The van der Waals surface area contributed by atoms with E-state index in [0.29, 0.717) is 5.69 Å². The number of carbonyl (C=O) groups is 1. The van der Waals surface area contributed by atoms with Gasteiger partial charge in [0.2, 0.25) is 0 Å². The van der Waals surface area contributed by atoms with E-state index in [1.807, 2.05) is 18.2 Å². The third-order valence-corrected chi connectivity index (χ3v) is 3.97. The van der Waals surface area contributed by atoms with Crippen LogP contribution in [-0.4, -0.2) is 21.7 Å². The first kappa shape index (κ1) is 14.5. The first-order valence-corrected chi connectivity index (χ1v) is 7.71. The zero-order chi connectivity index (χ0) is 15.4. The van der Waals surface area contributed by atoms with Gasteiger partial charge in [0.1, 0.15) is 5.69 Å². The summed E-state index contributed by atoms with van der Waals surface area (Å²) < 4.78 is 1.26. The average molecular weight is 297 g/mol. The van der Waals surface area contributed by atoms with Crippen molar-refractivity contribution in [3.05, 3.63) is 58.5 Å². The molecular formula is C17H19N3O2. The van der Waals surface area contributed by atoms with Crippen molar-refractivity contribution in [1.82, 2.24) is 15.1 Å². The highest BCUT2D eigenvalue weighted by atomic mass is 16.2. The smallest absolute Gasteiger partial charge is 0.271 e. The van der Waals surface area contributed by atoms with Gasteiger partial charge < -0.3 is 5.32 Å². The number of hydrogen-bond acceptors (Lipinski definition) is 3. The molecule has 1 fully saturated rings. The number of hydrogen-bond donors (Lipinski definition) is 1. The second kappa shape index (κ2) is 6.56. The van der Waals surface area contributed by atoms with E-state index in [2.05, 4.69) is 10.4 Å². The van der Waals surface area contributed by atoms with Gasteiger partial charge in [-0.05, 0) is 31.0 Å². The molecule has 0 saturated heterocycles. The molecule has 1 aromatic heterocycles. The summed E-state index contributed by atoms with van der Waals surface area (Å²) in [5, 5.41) is 7.22. The molecule has 1 saturated carbocycles. The highest BCUT2D eigenvalue weighted by Gasteiger charge is 2.18. The number of para-hydroxylation sites is 1. The molecule has 5 heteroatoms. The molecule has 0 spiro atoms. The van der Waals surface area contributed by atoms with Gasteiger partial charge >= 0.3 is 0 Å². The van der Waals surface area contributed by atoms with Crippen LogP contribution in [0.5, 0.6) is 0 Å². The molecule has 0 aliphatic heterocycles. The molecule has 1 aliphatic carbocycles. The highest BCUT2D eigenvalue weighted by Crippen LogP contribution is 2.17. The van der Waals surface area contributed by atoms with Crippen LogP contribution in [0, 0.1) is 0 Å². The number of benzene rings is 1.